The standard InChI is InChI=1S/C16H16ClFN2O3S/c1-10(11-3-5-12(18)6-4-11)19-16(21)14-8-7-13(9-15(14)17)20-24(2,22)23/h3-10,20H,1-2H3,(H,19,21)/t10-/m1/s1. The molecule has 0 aliphatic heterocycles. The van der Waals surface area contributed by atoms with Gasteiger partial charge in [0.25, 0.3) is 5.91 Å². The Balaban J connectivity index is 2.13. The average Bonchev–Trinajstić information content (AvgIpc) is 2.46. The minimum Gasteiger partial charge on any atom is -0.345 e. The van der Waals surface area contributed by atoms with Crippen molar-refractivity contribution in [2.45, 2.75) is 13.0 Å². The van der Waals surface area contributed by atoms with E-state index in [-0.39, 0.29) is 28.1 Å². The van der Waals surface area contributed by atoms with E-state index in [0.717, 1.165) is 11.8 Å². The second-order valence-corrected chi connectivity index (χ2v) is 7.47. The van der Waals surface area contributed by atoms with Crippen molar-refractivity contribution in [1.29, 1.82) is 0 Å². The van der Waals surface area contributed by atoms with Crippen LogP contribution in [-0.2, 0) is 10.0 Å². The molecule has 8 heteroatoms. The van der Waals surface area contributed by atoms with E-state index in [1.165, 1.54) is 30.3 Å². The van der Waals surface area contributed by atoms with Crippen LogP contribution < -0.4 is 10.0 Å². The fourth-order valence-electron chi connectivity index (χ4n) is 2.09. The second-order valence-electron chi connectivity index (χ2n) is 5.32. The van der Waals surface area contributed by atoms with Gasteiger partial charge < -0.3 is 5.32 Å². The topological polar surface area (TPSA) is 75.3 Å². The number of carbonyl (C=O) groups excluding carboxylic acids is 1. The van der Waals surface area contributed by atoms with Crippen LogP contribution in [0.3, 0.4) is 0 Å². The smallest absolute Gasteiger partial charge is 0.253 e. The van der Waals surface area contributed by atoms with Crippen molar-refractivity contribution in [3.63, 3.8) is 0 Å². The molecule has 2 N–H and O–H groups in total. The monoisotopic (exact) mass is 370 g/mol. The summed E-state index contributed by atoms with van der Waals surface area (Å²) in [5, 5.41) is 2.87. The predicted molar refractivity (Wildman–Crippen MR) is 92.2 cm³/mol. The Morgan fingerprint density at radius 2 is 1.79 bits per heavy atom. The highest BCUT2D eigenvalue weighted by atomic mass is 35.5. The lowest BCUT2D eigenvalue weighted by Crippen LogP contribution is -2.27. The second kappa shape index (κ2) is 7.19. The largest absolute Gasteiger partial charge is 0.345 e. The highest BCUT2D eigenvalue weighted by Gasteiger charge is 2.15. The molecule has 0 bridgehead atoms. The molecule has 2 aromatic carbocycles. The number of rotatable bonds is 5. The van der Waals surface area contributed by atoms with Crippen LogP contribution in [0.5, 0.6) is 0 Å². The van der Waals surface area contributed by atoms with Gasteiger partial charge in [0.15, 0.2) is 0 Å². The molecular formula is C16H16ClFN2O3S. The first-order valence-electron chi connectivity index (χ1n) is 6.99. The van der Waals surface area contributed by atoms with Crippen molar-refractivity contribution in [3.05, 3.63) is 64.4 Å². The Kier molecular flexibility index (Phi) is 5.46. The van der Waals surface area contributed by atoms with Gasteiger partial charge in [-0.05, 0) is 42.8 Å². The van der Waals surface area contributed by atoms with E-state index < -0.39 is 15.9 Å². The maximum Gasteiger partial charge on any atom is 0.253 e. The van der Waals surface area contributed by atoms with E-state index in [1.807, 2.05) is 0 Å². The zero-order valence-corrected chi connectivity index (χ0v) is 14.6. The molecule has 128 valence electrons. The zero-order valence-electron chi connectivity index (χ0n) is 13.0. The van der Waals surface area contributed by atoms with Gasteiger partial charge in [-0.3, -0.25) is 9.52 Å². The Morgan fingerprint density at radius 3 is 2.33 bits per heavy atom. The maximum absolute atomic E-state index is 12.9. The van der Waals surface area contributed by atoms with E-state index in [1.54, 1.807) is 19.1 Å². The van der Waals surface area contributed by atoms with Crippen LogP contribution in [0.25, 0.3) is 0 Å². The third-order valence-electron chi connectivity index (χ3n) is 3.23. The van der Waals surface area contributed by atoms with Crippen LogP contribution in [0.15, 0.2) is 42.5 Å². The van der Waals surface area contributed by atoms with Gasteiger partial charge in [0.1, 0.15) is 5.82 Å². The van der Waals surface area contributed by atoms with Crippen LogP contribution in [-0.4, -0.2) is 20.6 Å². The third-order valence-corrected chi connectivity index (χ3v) is 4.15. The van der Waals surface area contributed by atoms with Gasteiger partial charge >= 0.3 is 0 Å². The molecule has 1 amide bonds. The van der Waals surface area contributed by atoms with Gasteiger partial charge in [-0.25, -0.2) is 12.8 Å². The first kappa shape index (κ1) is 18.2. The van der Waals surface area contributed by atoms with E-state index >= 15 is 0 Å². The molecule has 0 spiro atoms. The normalized spacial score (nSPS) is 12.5. The summed E-state index contributed by atoms with van der Waals surface area (Å²) in [6.07, 6.45) is 1.02. The molecule has 0 aliphatic rings. The summed E-state index contributed by atoms with van der Waals surface area (Å²) in [5.41, 5.74) is 1.23. The van der Waals surface area contributed by atoms with Gasteiger partial charge in [0.2, 0.25) is 10.0 Å². The van der Waals surface area contributed by atoms with Gasteiger partial charge in [-0.15, -0.1) is 0 Å². The van der Waals surface area contributed by atoms with Crippen molar-refractivity contribution >= 4 is 33.2 Å². The zero-order chi connectivity index (χ0) is 17.9. The van der Waals surface area contributed by atoms with Crippen molar-refractivity contribution in [3.8, 4) is 0 Å². The van der Waals surface area contributed by atoms with Gasteiger partial charge in [-0.1, -0.05) is 23.7 Å². The van der Waals surface area contributed by atoms with Crippen LogP contribution in [0, 0.1) is 5.82 Å². The minimum atomic E-state index is -3.43. The summed E-state index contributed by atoms with van der Waals surface area (Å²) in [6.45, 7) is 1.76. The predicted octanol–water partition coefficient (Wildman–Crippen LogP) is 3.34. The molecule has 0 fully saturated rings. The minimum absolute atomic E-state index is 0.118. The molecule has 0 saturated carbocycles. The molecule has 1 atom stereocenters. The van der Waals surface area contributed by atoms with Crippen molar-refractivity contribution in [1.82, 2.24) is 5.32 Å². The van der Waals surface area contributed by atoms with Gasteiger partial charge in [-0.2, -0.15) is 0 Å². The van der Waals surface area contributed by atoms with Crippen LogP contribution in [0.2, 0.25) is 5.02 Å². The molecule has 24 heavy (non-hydrogen) atoms. The Bertz CT molecular complexity index is 854. The molecule has 0 unspecified atom stereocenters. The van der Waals surface area contributed by atoms with Crippen molar-refractivity contribution < 1.29 is 17.6 Å². The van der Waals surface area contributed by atoms with E-state index in [4.69, 9.17) is 11.6 Å². The number of anilines is 1. The average molecular weight is 371 g/mol. The summed E-state index contributed by atoms with van der Waals surface area (Å²) < 4.78 is 37.6. The summed E-state index contributed by atoms with van der Waals surface area (Å²) in [6, 6.07) is 9.70. The third kappa shape index (κ3) is 4.94. The SMILES string of the molecule is C[C@@H](NC(=O)c1ccc(NS(C)(=O)=O)cc1Cl)c1ccc(F)cc1. The molecule has 0 aliphatic carbocycles. The number of carbonyl (C=O) groups is 1. The summed E-state index contributed by atoms with van der Waals surface area (Å²) in [4.78, 5) is 12.3. The Hall–Kier alpha value is -2.12. The summed E-state index contributed by atoms with van der Waals surface area (Å²) in [7, 11) is -3.43. The molecule has 0 aromatic heterocycles. The van der Waals surface area contributed by atoms with Crippen LogP contribution in [0.1, 0.15) is 28.9 Å². The Labute approximate surface area is 144 Å². The number of sulfonamides is 1. The number of amides is 1. The number of benzene rings is 2. The molecule has 2 rings (SSSR count). The van der Waals surface area contributed by atoms with Crippen LogP contribution in [0.4, 0.5) is 10.1 Å². The number of hydrogen-bond donors (Lipinski definition) is 2. The molecule has 2 aromatic rings. The lowest BCUT2D eigenvalue weighted by atomic mass is 10.1. The molecule has 0 heterocycles. The molecular weight excluding hydrogens is 355 g/mol. The highest BCUT2D eigenvalue weighted by Crippen LogP contribution is 2.23. The van der Waals surface area contributed by atoms with Gasteiger partial charge in [0, 0.05) is 5.69 Å². The van der Waals surface area contributed by atoms with E-state index in [2.05, 4.69) is 10.0 Å². The number of hydrogen-bond acceptors (Lipinski definition) is 3. The highest BCUT2D eigenvalue weighted by molar-refractivity contribution is 7.92. The fraction of sp³-hybridized carbons (Fsp3) is 0.188. The molecule has 0 saturated heterocycles. The Morgan fingerprint density at radius 1 is 1.17 bits per heavy atom. The van der Waals surface area contributed by atoms with Crippen molar-refractivity contribution in [2.24, 2.45) is 0 Å². The van der Waals surface area contributed by atoms with E-state index in [9.17, 15) is 17.6 Å². The first-order valence-corrected chi connectivity index (χ1v) is 9.26. The quantitative estimate of drug-likeness (QED) is 0.847. The van der Waals surface area contributed by atoms with Gasteiger partial charge in [0.05, 0.1) is 22.9 Å². The number of halogens is 2. The van der Waals surface area contributed by atoms with Crippen LogP contribution >= 0.6 is 11.6 Å². The van der Waals surface area contributed by atoms with E-state index in [0.29, 0.717) is 0 Å². The summed E-state index contributed by atoms with van der Waals surface area (Å²) >= 11 is 6.06. The van der Waals surface area contributed by atoms with Crippen molar-refractivity contribution in [2.75, 3.05) is 11.0 Å². The fourth-order valence-corrected chi connectivity index (χ4v) is 2.91. The lowest BCUT2D eigenvalue weighted by Gasteiger charge is -2.15. The lowest BCUT2D eigenvalue weighted by molar-refractivity contribution is 0.0940. The molecule has 5 nitrogen and oxygen atoms in total. The molecule has 0 radical (unpaired) electrons. The maximum atomic E-state index is 12.9. The number of nitrogens with one attached hydrogen (secondary N) is 2. The summed E-state index contributed by atoms with van der Waals surface area (Å²) in [5.74, 6) is -0.767. The first-order chi connectivity index (χ1) is 11.2.